The Bertz CT molecular complexity index is 1030. The fourth-order valence-corrected chi connectivity index (χ4v) is 5.70. The summed E-state index contributed by atoms with van der Waals surface area (Å²) >= 11 is 0. The minimum Gasteiger partial charge on any atom is -0.350 e. The first-order chi connectivity index (χ1) is 15.2. The van der Waals surface area contributed by atoms with Crippen molar-refractivity contribution in [2.24, 2.45) is 0 Å². The van der Waals surface area contributed by atoms with Crippen molar-refractivity contribution in [1.82, 2.24) is 10.2 Å². The lowest BCUT2D eigenvalue weighted by Gasteiger charge is -2.30. The maximum Gasteiger partial charge on any atom is 0.244 e. The fraction of sp³-hybridized carbons (Fsp3) is 0.480. The summed E-state index contributed by atoms with van der Waals surface area (Å²) in [6, 6.07) is 13.0. The molecule has 1 aliphatic rings. The van der Waals surface area contributed by atoms with Crippen molar-refractivity contribution in [1.29, 1.82) is 0 Å². The van der Waals surface area contributed by atoms with Crippen molar-refractivity contribution >= 4 is 21.6 Å². The van der Waals surface area contributed by atoms with Crippen LogP contribution in [0, 0.1) is 13.8 Å². The molecule has 1 aliphatic heterocycles. The lowest BCUT2D eigenvalue weighted by molar-refractivity contribution is -0.122. The van der Waals surface area contributed by atoms with Gasteiger partial charge >= 0.3 is 0 Å². The average molecular weight is 458 g/mol. The number of likely N-dealkylation sites (tertiary alicyclic amines) is 1. The van der Waals surface area contributed by atoms with Crippen molar-refractivity contribution in [3.8, 4) is 0 Å². The monoisotopic (exact) mass is 457 g/mol. The van der Waals surface area contributed by atoms with E-state index in [1.165, 1.54) is 22.7 Å². The van der Waals surface area contributed by atoms with Gasteiger partial charge in [-0.25, -0.2) is 8.42 Å². The van der Waals surface area contributed by atoms with Crippen LogP contribution in [0.15, 0.2) is 42.5 Å². The first-order valence-corrected chi connectivity index (χ1v) is 13.2. The Morgan fingerprint density at radius 3 is 2.22 bits per heavy atom. The number of aryl methyl sites for hydroxylation is 2. The number of anilines is 1. The molecule has 1 heterocycles. The number of nitrogens with one attached hydrogen (secondary N) is 1. The van der Waals surface area contributed by atoms with Gasteiger partial charge in [-0.2, -0.15) is 0 Å². The molecular formula is C25H35N3O3S. The summed E-state index contributed by atoms with van der Waals surface area (Å²) in [6.07, 6.45) is 4.00. The molecule has 0 aromatic heterocycles. The lowest BCUT2D eigenvalue weighted by atomic mass is 10.1. The largest absolute Gasteiger partial charge is 0.350 e. The Kier molecular flexibility index (Phi) is 7.96. The summed E-state index contributed by atoms with van der Waals surface area (Å²) in [6.45, 7) is 9.16. The van der Waals surface area contributed by atoms with Gasteiger partial charge in [-0.05, 0) is 80.6 Å². The van der Waals surface area contributed by atoms with Crippen LogP contribution in [0.5, 0.6) is 0 Å². The van der Waals surface area contributed by atoms with E-state index in [2.05, 4.69) is 16.3 Å². The van der Waals surface area contributed by atoms with Crippen LogP contribution in [-0.2, 0) is 27.9 Å². The van der Waals surface area contributed by atoms with Crippen LogP contribution >= 0.6 is 0 Å². The SMILES string of the molecule is CC[C@H](C(=O)NCc1ccccc1CN1CCCC1)N(c1cc(C)cc(C)c1)S(C)(=O)=O. The highest BCUT2D eigenvalue weighted by Gasteiger charge is 2.31. The van der Waals surface area contributed by atoms with Crippen molar-refractivity contribution in [3.63, 3.8) is 0 Å². The zero-order valence-corrected chi connectivity index (χ0v) is 20.4. The Morgan fingerprint density at radius 1 is 1.06 bits per heavy atom. The molecule has 0 aliphatic carbocycles. The second-order valence-corrected chi connectivity index (χ2v) is 10.7. The highest BCUT2D eigenvalue weighted by atomic mass is 32.2. The third-order valence-electron chi connectivity index (χ3n) is 5.95. The second-order valence-electron chi connectivity index (χ2n) is 8.80. The molecule has 2 aromatic carbocycles. The maximum atomic E-state index is 13.2. The Balaban J connectivity index is 1.79. The van der Waals surface area contributed by atoms with E-state index in [4.69, 9.17) is 0 Å². The van der Waals surface area contributed by atoms with E-state index < -0.39 is 16.1 Å². The van der Waals surface area contributed by atoms with Gasteiger partial charge in [0.15, 0.2) is 0 Å². The van der Waals surface area contributed by atoms with Crippen LogP contribution in [0.2, 0.25) is 0 Å². The van der Waals surface area contributed by atoms with Gasteiger partial charge in [-0.3, -0.25) is 14.0 Å². The lowest BCUT2D eigenvalue weighted by Crippen LogP contribution is -2.49. The molecule has 0 saturated carbocycles. The first-order valence-electron chi connectivity index (χ1n) is 11.3. The number of sulfonamides is 1. The summed E-state index contributed by atoms with van der Waals surface area (Å²) in [5.74, 6) is -0.284. The minimum absolute atomic E-state index is 0.284. The molecule has 3 rings (SSSR count). The highest BCUT2D eigenvalue weighted by Crippen LogP contribution is 2.25. The van der Waals surface area contributed by atoms with E-state index in [-0.39, 0.29) is 5.91 Å². The topological polar surface area (TPSA) is 69.7 Å². The average Bonchev–Trinajstić information content (AvgIpc) is 3.22. The van der Waals surface area contributed by atoms with Gasteiger partial charge in [0.05, 0.1) is 11.9 Å². The molecule has 0 spiro atoms. The van der Waals surface area contributed by atoms with Gasteiger partial charge in [-0.15, -0.1) is 0 Å². The molecule has 1 amide bonds. The summed E-state index contributed by atoms with van der Waals surface area (Å²) in [7, 11) is -3.65. The van der Waals surface area contributed by atoms with E-state index in [1.54, 1.807) is 0 Å². The molecule has 1 fully saturated rings. The number of rotatable bonds is 9. The smallest absolute Gasteiger partial charge is 0.244 e. The van der Waals surface area contributed by atoms with Crippen LogP contribution in [0.1, 0.15) is 48.4 Å². The van der Waals surface area contributed by atoms with Crippen molar-refractivity contribution in [2.45, 2.75) is 59.2 Å². The van der Waals surface area contributed by atoms with Crippen LogP contribution in [0.3, 0.4) is 0 Å². The van der Waals surface area contributed by atoms with Crippen LogP contribution < -0.4 is 9.62 Å². The van der Waals surface area contributed by atoms with Gasteiger partial charge in [0.2, 0.25) is 15.9 Å². The number of hydrogen-bond donors (Lipinski definition) is 1. The van der Waals surface area contributed by atoms with Crippen molar-refractivity contribution in [3.05, 3.63) is 64.7 Å². The van der Waals surface area contributed by atoms with Crippen LogP contribution in [-0.4, -0.2) is 44.6 Å². The number of carbonyl (C=O) groups is 1. The highest BCUT2D eigenvalue weighted by molar-refractivity contribution is 7.92. The molecular weight excluding hydrogens is 422 g/mol. The van der Waals surface area contributed by atoms with Gasteiger partial charge in [0.25, 0.3) is 0 Å². The third kappa shape index (κ3) is 6.11. The van der Waals surface area contributed by atoms with E-state index in [0.717, 1.165) is 42.6 Å². The Labute approximate surface area is 192 Å². The van der Waals surface area contributed by atoms with Crippen molar-refractivity contribution < 1.29 is 13.2 Å². The fourth-order valence-electron chi connectivity index (χ4n) is 4.50. The molecule has 32 heavy (non-hydrogen) atoms. The van der Waals surface area contributed by atoms with Crippen molar-refractivity contribution in [2.75, 3.05) is 23.7 Å². The molecule has 6 nitrogen and oxygen atoms in total. The molecule has 0 radical (unpaired) electrons. The number of amides is 1. The quantitative estimate of drug-likeness (QED) is 0.623. The molecule has 7 heteroatoms. The first kappa shape index (κ1) is 24.3. The van der Waals surface area contributed by atoms with E-state index in [0.29, 0.717) is 18.7 Å². The molecule has 1 saturated heterocycles. The second kappa shape index (κ2) is 10.5. The summed E-state index contributed by atoms with van der Waals surface area (Å²) < 4.78 is 26.7. The predicted octanol–water partition coefficient (Wildman–Crippen LogP) is 3.76. The summed E-state index contributed by atoms with van der Waals surface area (Å²) in [5.41, 5.74) is 4.72. The summed E-state index contributed by atoms with van der Waals surface area (Å²) in [4.78, 5) is 15.6. The van der Waals surface area contributed by atoms with Gasteiger partial charge < -0.3 is 5.32 Å². The Morgan fingerprint density at radius 2 is 1.66 bits per heavy atom. The Hall–Kier alpha value is -2.38. The van der Waals surface area contributed by atoms with E-state index in [9.17, 15) is 13.2 Å². The summed E-state index contributed by atoms with van der Waals surface area (Å²) in [5, 5.41) is 3.00. The molecule has 0 bridgehead atoms. The predicted molar refractivity (Wildman–Crippen MR) is 130 cm³/mol. The zero-order valence-electron chi connectivity index (χ0n) is 19.6. The van der Waals surface area contributed by atoms with E-state index >= 15 is 0 Å². The molecule has 0 unspecified atom stereocenters. The maximum absolute atomic E-state index is 13.2. The van der Waals surface area contributed by atoms with Gasteiger partial charge in [0.1, 0.15) is 6.04 Å². The number of carbonyl (C=O) groups excluding carboxylic acids is 1. The third-order valence-corrected chi connectivity index (χ3v) is 7.13. The minimum atomic E-state index is -3.65. The molecule has 174 valence electrons. The van der Waals surface area contributed by atoms with Gasteiger partial charge in [-0.1, -0.05) is 37.3 Å². The number of hydrogen-bond acceptors (Lipinski definition) is 4. The van der Waals surface area contributed by atoms with Crippen LogP contribution in [0.25, 0.3) is 0 Å². The number of benzene rings is 2. The molecule has 1 atom stereocenters. The number of nitrogens with zero attached hydrogens (tertiary/aromatic N) is 2. The standard InChI is InChI=1S/C25H35N3O3S/c1-5-24(28(32(4,30)31)23-15-19(2)14-20(3)16-23)25(29)26-17-21-10-6-7-11-22(21)18-27-12-8-9-13-27/h6-7,10-11,14-16,24H,5,8-9,12-13,17-18H2,1-4H3,(H,26,29)/t24-/m1/s1. The van der Waals surface area contributed by atoms with Crippen LogP contribution in [0.4, 0.5) is 5.69 Å². The zero-order chi connectivity index (χ0) is 23.3. The van der Waals surface area contributed by atoms with E-state index in [1.807, 2.05) is 57.2 Å². The molecule has 2 aromatic rings. The van der Waals surface area contributed by atoms with Gasteiger partial charge in [0, 0.05) is 13.1 Å². The normalized spacial score (nSPS) is 15.5. The molecule has 1 N–H and O–H groups in total.